The Bertz CT molecular complexity index is 1070. The molecule has 4 rings (SSSR count). The van der Waals surface area contributed by atoms with Crippen LogP contribution in [-0.2, 0) is 23.0 Å². The van der Waals surface area contributed by atoms with Gasteiger partial charge in [-0.1, -0.05) is 36.4 Å². The van der Waals surface area contributed by atoms with Crippen LogP contribution in [0.25, 0.3) is 10.8 Å². The second-order valence-corrected chi connectivity index (χ2v) is 8.49. The molecule has 6 nitrogen and oxygen atoms in total. The maximum Gasteiger partial charge on any atom is 0.244 e. The Morgan fingerprint density at radius 3 is 2.62 bits per heavy atom. The highest BCUT2D eigenvalue weighted by molar-refractivity contribution is 7.89. The van der Waals surface area contributed by atoms with E-state index in [-0.39, 0.29) is 6.54 Å². The van der Waals surface area contributed by atoms with Crippen LogP contribution in [0.15, 0.2) is 53.7 Å². The highest BCUT2D eigenvalue weighted by Crippen LogP contribution is 2.30. The van der Waals surface area contributed by atoms with E-state index in [4.69, 9.17) is 0 Å². The van der Waals surface area contributed by atoms with Crippen LogP contribution in [-0.4, -0.2) is 43.3 Å². The van der Waals surface area contributed by atoms with Crippen molar-refractivity contribution in [2.45, 2.75) is 17.9 Å². The fraction of sp³-hybridized carbons (Fsp3) is 0.263. The molecule has 0 fully saturated rings. The van der Waals surface area contributed by atoms with E-state index in [1.54, 1.807) is 12.1 Å². The number of aromatic nitrogens is 2. The van der Waals surface area contributed by atoms with E-state index in [1.807, 2.05) is 49.3 Å². The molecule has 7 heteroatoms. The van der Waals surface area contributed by atoms with E-state index in [9.17, 15) is 8.42 Å². The summed E-state index contributed by atoms with van der Waals surface area (Å²) < 4.78 is 28.1. The predicted octanol–water partition coefficient (Wildman–Crippen LogP) is 2.44. The maximum absolute atomic E-state index is 13.3. The lowest BCUT2D eigenvalue weighted by Gasteiger charge is -2.29. The normalized spacial score (nSPS) is 15.0. The number of anilines is 1. The zero-order valence-corrected chi connectivity index (χ0v) is 15.6. The van der Waals surface area contributed by atoms with Crippen molar-refractivity contribution < 1.29 is 8.42 Å². The minimum absolute atomic E-state index is 0.268. The number of rotatable bonds is 3. The average molecular weight is 368 g/mol. The van der Waals surface area contributed by atoms with E-state index >= 15 is 0 Å². The molecule has 0 radical (unpaired) electrons. The SMILES string of the molecule is CN(C)c1ncnc2c1CCN(S(=O)(=O)c1cccc3ccccc13)C2. The van der Waals surface area contributed by atoms with Crippen molar-refractivity contribution in [1.29, 1.82) is 0 Å². The number of fused-ring (bicyclic) bond motifs is 2. The first kappa shape index (κ1) is 16.9. The summed E-state index contributed by atoms with van der Waals surface area (Å²) in [5.41, 5.74) is 1.81. The molecule has 0 N–H and O–H groups in total. The number of hydrogen-bond acceptors (Lipinski definition) is 5. The van der Waals surface area contributed by atoms with Crippen LogP contribution in [0.1, 0.15) is 11.3 Å². The van der Waals surface area contributed by atoms with Gasteiger partial charge in [-0.05, 0) is 17.9 Å². The minimum Gasteiger partial charge on any atom is -0.362 e. The smallest absolute Gasteiger partial charge is 0.244 e. The summed E-state index contributed by atoms with van der Waals surface area (Å²) in [4.78, 5) is 11.0. The first-order valence-electron chi connectivity index (χ1n) is 8.46. The molecule has 0 amide bonds. The van der Waals surface area contributed by atoms with Crippen molar-refractivity contribution in [3.05, 3.63) is 60.0 Å². The molecule has 1 aromatic heterocycles. The van der Waals surface area contributed by atoms with Crippen molar-refractivity contribution in [3.63, 3.8) is 0 Å². The first-order chi connectivity index (χ1) is 12.5. The molecule has 0 bridgehead atoms. The van der Waals surface area contributed by atoms with Crippen molar-refractivity contribution in [3.8, 4) is 0 Å². The van der Waals surface area contributed by atoms with Crippen LogP contribution in [0.2, 0.25) is 0 Å². The first-order valence-corrected chi connectivity index (χ1v) is 9.90. The number of nitrogens with zero attached hydrogens (tertiary/aromatic N) is 4. The van der Waals surface area contributed by atoms with Gasteiger partial charge in [0.2, 0.25) is 10.0 Å². The summed E-state index contributed by atoms with van der Waals surface area (Å²) in [6.07, 6.45) is 2.11. The molecule has 2 heterocycles. The summed E-state index contributed by atoms with van der Waals surface area (Å²) in [6.45, 7) is 0.691. The molecule has 0 saturated heterocycles. The Labute approximate surface area is 153 Å². The lowest BCUT2D eigenvalue weighted by molar-refractivity contribution is 0.385. The number of hydrogen-bond donors (Lipinski definition) is 0. The monoisotopic (exact) mass is 368 g/mol. The molecule has 2 aromatic carbocycles. The summed E-state index contributed by atoms with van der Waals surface area (Å²) in [5.74, 6) is 0.859. The van der Waals surface area contributed by atoms with E-state index in [1.165, 1.54) is 10.6 Å². The van der Waals surface area contributed by atoms with Gasteiger partial charge in [-0.3, -0.25) is 0 Å². The molecule has 0 saturated carbocycles. The standard InChI is InChI=1S/C19H20N4O2S/c1-22(2)19-16-10-11-23(12-17(16)20-13-21-19)26(24,25)18-9-5-7-14-6-3-4-8-15(14)18/h3-9,13H,10-12H2,1-2H3. The summed E-state index contributed by atoms with van der Waals surface area (Å²) in [7, 11) is 0.260. The van der Waals surface area contributed by atoms with Gasteiger partial charge in [0.1, 0.15) is 12.1 Å². The zero-order chi connectivity index (χ0) is 18.3. The van der Waals surface area contributed by atoms with E-state index in [0.717, 1.165) is 27.8 Å². The molecule has 26 heavy (non-hydrogen) atoms. The predicted molar refractivity (Wildman–Crippen MR) is 102 cm³/mol. The average Bonchev–Trinajstić information content (AvgIpc) is 2.66. The van der Waals surface area contributed by atoms with E-state index in [0.29, 0.717) is 17.9 Å². The third kappa shape index (κ3) is 2.73. The van der Waals surface area contributed by atoms with Gasteiger partial charge in [0.05, 0.1) is 17.1 Å². The second-order valence-electron chi connectivity index (χ2n) is 6.58. The van der Waals surface area contributed by atoms with Gasteiger partial charge in [-0.25, -0.2) is 18.4 Å². The second kappa shape index (κ2) is 6.34. The fourth-order valence-corrected chi connectivity index (χ4v) is 5.08. The Morgan fingerprint density at radius 2 is 1.81 bits per heavy atom. The Balaban J connectivity index is 1.75. The molecule has 0 aliphatic carbocycles. The molecule has 0 atom stereocenters. The van der Waals surface area contributed by atoms with Gasteiger partial charge in [0.25, 0.3) is 0 Å². The molecule has 0 spiro atoms. The van der Waals surface area contributed by atoms with Crippen molar-refractivity contribution in [2.75, 3.05) is 25.5 Å². The topological polar surface area (TPSA) is 66.4 Å². The molecule has 134 valence electrons. The zero-order valence-electron chi connectivity index (χ0n) is 14.8. The van der Waals surface area contributed by atoms with E-state index < -0.39 is 10.0 Å². The molecule has 3 aromatic rings. The minimum atomic E-state index is -3.61. The Hall–Kier alpha value is -2.51. The number of sulfonamides is 1. The molecule has 0 unspecified atom stereocenters. The van der Waals surface area contributed by atoms with Gasteiger partial charge in [0, 0.05) is 31.6 Å². The van der Waals surface area contributed by atoms with Crippen LogP contribution in [0.3, 0.4) is 0 Å². The Morgan fingerprint density at radius 1 is 1.04 bits per heavy atom. The van der Waals surface area contributed by atoms with Crippen molar-refractivity contribution >= 4 is 26.6 Å². The van der Waals surface area contributed by atoms with Crippen LogP contribution >= 0.6 is 0 Å². The van der Waals surface area contributed by atoms with Gasteiger partial charge in [-0.15, -0.1) is 0 Å². The maximum atomic E-state index is 13.3. The third-order valence-electron chi connectivity index (χ3n) is 4.74. The largest absolute Gasteiger partial charge is 0.362 e. The highest BCUT2D eigenvalue weighted by Gasteiger charge is 2.31. The summed E-state index contributed by atoms with van der Waals surface area (Å²) in [6, 6.07) is 13.0. The lowest BCUT2D eigenvalue weighted by atomic mass is 10.1. The fourth-order valence-electron chi connectivity index (χ4n) is 3.46. The third-order valence-corrected chi connectivity index (χ3v) is 6.64. The summed E-state index contributed by atoms with van der Waals surface area (Å²) >= 11 is 0. The molecule has 1 aliphatic rings. The molecule has 1 aliphatic heterocycles. The van der Waals surface area contributed by atoms with Gasteiger partial charge < -0.3 is 4.90 Å². The lowest BCUT2D eigenvalue weighted by Crippen LogP contribution is -2.37. The Kier molecular flexibility index (Phi) is 4.13. The van der Waals surface area contributed by atoms with Crippen LogP contribution in [0.4, 0.5) is 5.82 Å². The number of benzene rings is 2. The van der Waals surface area contributed by atoms with Crippen molar-refractivity contribution in [1.82, 2.24) is 14.3 Å². The van der Waals surface area contributed by atoms with Crippen LogP contribution in [0.5, 0.6) is 0 Å². The molecular weight excluding hydrogens is 348 g/mol. The quantitative estimate of drug-likeness (QED) is 0.710. The van der Waals surface area contributed by atoms with Gasteiger partial charge in [0.15, 0.2) is 0 Å². The van der Waals surface area contributed by atoms with E-state index in [2.05, 4.69) is 9.97 Å². The van der Waals surface area contributed by atoms with Gasteiger partial charge in [-0.2, -0.15) is 4.31 Å². The summed E-state index contributed by atoms with van der Waals surface area (Å²) in [5, 5.41) is 1.67. The van der Waals surface area contributed by atoms with Crippen LogP contribution < -0.4 is 4.90 Å². The van der Waals surface area contributed by atoms with Gasteiger partial charge >= 0.3 is 0 Å². The highest BCUT2D eigenvalue weighted by atomic mass is 32.2. The van der Waals surface area contributed by atoms with Crippen LogP contribution in [0, 0.1) is 0 Å². The van der Waals surface area contributed by atoms with Crippen molar-refractivity contribution in [2.24, 2.45) is 0 Å². The molecular formula is C19H20N4O2S.